The van der Waals surface area contributed by atoms with Crippen LogP contribution in [0.25, 0.3) is 0 Å². The number of hydrogen-bond donors (Lipinski definition) is 1. The molecule has 1 fully saturated rings. The van der Waals surface area contributed by atoms with E-state index in [1.54, 1.807) is 0 Å². The summed E-state index contributed by atoms with van der Waals surface area (Å²) in [6.45, 7) is 5.17. The van der Waals surface area contributed by atoms with Crippen molar-refractivity contribution in [2.75, 3.05) is 26.4 Å². The molecule has 110 valence electrons. The van der Waals surface area contributed by atoms with Crippen LogP contribution in [0.1, 0.15) is 31.4 Å². The summed E-state index contributed by atoms with van der Waals surface area (Å²) in [5.41, 5.74) is 1.19. The molecule has 2 heterocycles. The number of hydrogen-bond acceptors (Lipinski definition) is 4. The molecule has 1 saturated heterocycles. The summed E-state index contributed by atoms with van der Waals surface area (Å²) in [6.07, 6.45) is 2.56. The zero-order valence-corrected chi connectivity index (χ0v) is 12.0. The van der Waals surface area contributed by atoms with Crippen molar-refractivity contribution in [3.8, 4) is 5.75 Å². The van der Waals surface area contributed by atoms with Crippen LogP contribution in [0.15, 0.2) is 24.3 Å². The summed E-state index contributed by atoms with van der Waals surface area (Å²) in [5.74, 6) is 0.968. The normalized spacial score (nSPS) is 28.9. The van der Waals surface area contributed by atoms with E-state index in [0.717, 1.165) is 31.7 Å². The van der Waals surface area contributed by atoms with E-state index in [0.29, 0.717) is 13.2 Å². The van der Waals surface area contributed by atoms with Crippen molar-refractivity contribution in [1.29, 1.82) is 0 Å². The Bertz CT molecular complexity index is 431. The molecule has 0 bridgehead atoms. The minimum absolute atomic E-state index is 0.0500. The fraction of sp³-hybridized carbons (Fsp3) is 0.625. The van der Waals surface area contributed by atoms with E-state index in [2.05, 4.69) is 24.4 Å². The molecule has 3 atom stereocenters. The topological polar surface area (TPSA) is 39.7 Å². The monoisotopic (exact) mass is 277 g/mol. The van der Waals surface area contributed by atoms with Gasteiger partial charge < -0.3 is 19.5 Å². The zero-order valence-electron chi connectivity index (χ0n) is 12.0. The Morgan fingerprint density at radius 3 is 3.05 bits per heavy atom. The first kappa shape index (κ1) is 13.9. The number of benzene rings is 1. The summed E-state index contributed by atoms with van der Waals surface area (Å²) in [4.78, 5) is 0. The third-order valence-corrected chi connectivity index (χ3v) is 3.97. The molecule has 0 spiro atoms. The summed E-state index contributed by atoms with van der Waals surface area (Å²) in [5, 5.41) is 3.52. The van der Waals surface area contributed by atoms with Gasteiger partial charge in [0.25, 0.3) is 0 Å². The smallest absolute Gasteiger partial charge is 0.124 e. The van der Waals surface area contributed by atoms with E-state index >= 15 is 0 Å². The highest BCUT2D eigenvalue weighted by atomic mass is 16.6. The average molecular weight is 277 g/mol. The van der Waals surface area contributed by atoms with Crippen LogP contribution in [-0.4, -0.2) is 38.6 Å². The molecule has 2 aliphatic rings. The summed E-state index contributed by atoms with van der Waals surface area (Å²) in [7, 11) is 0. The van der Waals surface area contributed by atoms with E-state index in [1.165, 1.54) is 5.56 Å². The van der Waals surface area contributed by atoms with Crippen molar-refractivity contribution in [3.05, 3.63) is 29.8 Å². The molecule has 4 heteroatoms. The lowest BCUT2D eigenvalue weighted by molar-refractivity contribution is -0.0567. The number of nitrogens with one attached hydrogen (secondary N) is 1. The Balaban J connectivity index is 1.67. The first-order chi connectivity index (χ1) is 9.88. The minimum Gasteiger partial charge on any atom is -0.490 e. The second-order valence-electron chi connectivity index (χ2n) is 5.39. The Kier molecular flexibility index (Phi) is 4.55. The third kappa shape index (κ3) is 2.97. The van der Waals surface area contributed by atoms with Gasteiger partial charge in [-0.3, -0.25) is 0 Å². The second-order valence-corrected chi connectivity index (χ2v) is 5.39. The van der Waals surface area contributed by atoms with Gasteiger partial charge in [-0.2, -0.15) is 0 Å². The van der Waals surface area contributed by atoms with Crippen LogP contribution in [-0.2, 0) is 9.47 Å². The maximum Gasteiger partial charge on any atom is 0.124 e. The highest BCUT2D eigenvalue weighted by Crippen LogP contribution is 2.33. The van der Waals surface area contributed by atoms with Crippen molar-refractivity contribution in [2.45, 2.75) is 38.0 Å². The maximum absolute atomic E-state index is 6.08. The second kappa shape index (κ2) is 6.57. The van der Waals surface area contributed by atoms with E-state index in [9.17, 15) is 0 Å². The summed E-state index contributed by atoms with van der Waals surface area (Å²) >= 11 is 0. The number of ether oxygens (including phenoxy) is 3. The van der Waals surface area contributed by atoms with Crippen LogP contribution in [0.4, 0.5) is 0 Å². The van der Waals surface area contributed by atoms with Crippen LogP contribution in [0.3, 0.4) is 0 Å². The molecule has 4 nitrogen and oxygen atoms in total. The molecule has 0 radical (unpaired) electrons. The summed E-state index contributed by atoms with van der Waals surface area (Å²) in [6, 6.07) is 8.40. The first-order valence-electron chi connectivity index (χ1n) is 7.56. The quantitative estimate of drug-likeness (QED) is 0.896. The molecule has 0 amide bonds. The van der Waals surface area contributed by atoms with Crippen molar-refractivity contribution < 1.29 is 14.2 Å². The molecule has 1 aromatic rings. The zero-order chi connectivity index (χ0) is 13.8. The van der Waals surface area contributed by atoms with Crippen molar-refractivity contribution in [3.63, 3.8) is 0 Å². The molecule has 0 aromatic heterocycles. The number of fused-ring (bicyclic) bond motifs is 1. The van der Waals surface area contributed by atoms with Crippen molar-refractivity contribution in [2.24, 2.45) is 0 Å². The van der Waals surface area contributed by atoms with Crippen LogP contribution in [0, 0.1) is 0 Å². The van der Waals surface area contributed by atoms with Gasteiger partial charge in [0.15, 0.2) is 0 Å². The molecular formula is C16H23NO3. The highest BCUT2D eigenvalue weighted by Gasteiger charge is 2.31. The van der Waals surface area contributed by atoms with Crippen LogP contribution in [0.5, 0.6) is 5.75 Å². The fourth-order valence-corrected chi connectivity index (χ4v) is 2.95. The van der Waals surface area contributed by atoms with Gasteiger partial charge in [-0.05, 0) is 25.5 Å². The Morgan fingerprint density at radius 1 is 1.35 bits per heavy atom. The lowest BCUT2D eigenvalue weighted by Gasteiger charge is -2.34. The molecule has 0 saturated carbocycles. The standard InChI is InChI=1S/C16H23NO3/c1-2-17-16-13-7-3-4-8-14(13)20-11-15(16)19-10-12-6-5-9-18-12/h3-4,7-8,12,15-17H,2,5-6,9-11H2,1H3. The molecular weight excluding hydrogens is 254 g/mol. The van der Waals surface area contributed by atoms with Gasteiger partial charge in [-0.25, -0.2) is 0 Å². The van der Waals surface area contributed by atoms with Gasteiger partial charge in [-0.15, -0.1) is 0 Å². The highest BCUT2D eigenvalue weighted by molar-refractivity contribution is 5.38. The SMILES string of the molecule is CCNC1c2ccccc2OCC1OCC1CCCO1. The molecule has 3 unspecified atom stereocenters. The predicted molar refractivity (Wildman–Crippen MR) is 77.1 cm³/mol. The van der Waals surface area contributed by atoms with E-state index in [-0.39, 0.29) is 18.2 Å². The van der Waals surface area contributed by atoms with Crippen LogP contribution in [0.2, 0.25) is 0 Å². The number of likely N-dealkylation sites (N-methyl/N-ethyl adjacent to an activating group) is 1. The maximum atomic E-state index is 6.08. The summed E-state index contributed by atoms with van der Waals surface area (Å²) < 4.78 is 17.5. The molecule has 20 heavy (non-hydrogen) atoms. The van der Waals surface area contributed by atoms with Gasteiger partial charge >= 0.3 is 0 Å². The average Bonchev–Trinajstić information content (AvgIpc) is 3.00. The predicted octanol–water partition coefficient (Wildman–Crippen LogP) is 2.29. The van der Waals surface area contributed by atoms with E-state index in [1.807, 2.05) is 12.1 Å². The van der Waals surface area contributed by atoms with Crippen LogP contribution >= 0.6 is 0 Å². The molecule has 1 N–H and O–H groups in total. The minimum atomic E-state index is 0.0500. The van der Waals surface area contributed by atoms with Gasteiger partial charge in [0.05, 0.1) is 18.8 Å². The first-order valence-corrected chi connectivity index (χ1v) is 7.56. The number of para-hydroxylation sites is 1. The Hall–Kier alpha value is -1.10. The lowest BCUT2D eigenvalue weighted by atomic mass is 9.98. The van der Waals surface area contributed by atoms with Gasteiger partial charge in [0, 0.05) is 12.2 Å². The third-order valence-electron chi connectivity index (χ3n) is 3.97. The van der Waals surface area contributed by atoms with Gasteiger partial charge in [0.1, 0.15) is 18.5 Å². The van der Waals surface area contributed by atoms with Gasteiger partial charge in [-0.1, -0.05) is 25.1 Å². The molecule has 1 aromatic carbocycles. The Morgan fingerprint density at radius 2 is 2.25 bits per heavy atom. The van der Waals surface area contributed by atoms with E-state index in [4.69, 9.17) is 14.2 Å². The largest absolute Gasteiger partial charge is 0.490 e. The fourth-order valence-electron chi connectivity index (χ4n) is 2.95. The van der Waals surface area contributed by atoms with Crippen molar-refractivity contribution >= 4 is 0 Å². The van der Waals surface area contributed by atoms with Crippen LogP contribution < -0.4 is 10.1 Å². The molecule has 3 rings (SSSR count). The molecule has 2 aliphatic heterocycles. The lowest BCUT2D eigenvalue weighted by Crippen LogP contribution is -2.42. The Labute approximate surface area is 120 Å². The van der Waals surface area contributed by atoms with E-state index < -0.39 is 0 Å². The van der Waals surface area contributed by atoms with Gasteiger partial charge in [0.2, 0.25) is 0 Å². The van der Waals surface area contributed by atoms with Crippen molar-refractivity contribution in [1.82, 2.24) is 5.32 Å². The molecule has 0 aliphatic carbocycles. The number of rotatable bonds is 5.